The third-order valence-electron chi connectivity index (χ3n) is 3.60. The Morgan fingerprint density at radius 1 is 1.23 bits per heavy atom. The molecule has 0 aliphatic rings. The molecule has 1 aromatic rings. The topological polar surface area (TPSA) is 50.4 Å². The van der Waals surface area contributed by atoms with Gasteiger partial charge in [-0.2, -0.15) is 0 Å². The average molecular weight is 329 g/mol. The van der Waals surface area contributed by atoms with Gasteiger partial charge in [-0.05, 0) is 50.4 Å². The lowest BCUT2D eigenvalue weighted by atomic mass is 9.98. The Labute approximate surface area is 140 Å². The fourth-order valence-corrected chi connectivity index (χ4v) is 2.09. The molecule has 0 spiro atoms. The zero-order valence-electron chi connectivity index (χ0n) is 13.9. The lowest BCUT2D eigenvalue weighted by Crippen LogP contribution is -2.30. The third kappa shape index (κ3) is 7.66. The van der Waals surface area contributed by atoms with Crippen LogP contribution in [0.25, 0.3) is 0 Å². The molecule has 1 unspecified atom stereocenters. The van der Waals surface area contributed by atoms with Crippen LogP contribution >= 0.6 is 12.4 Å². The van der Waals surface area contributed by atoms with Crippen LogP contribution in [0.3, 0.4) is 0 Å². The average Bonchev–Trinajstić information content (AvgIpc) is 2.52. The van der Waals surface area contributed by atoms with Crippen molar-refractivity contribution in [3.05, 3.63) is 29.8 Å². The normalized spacial score (nSPS) is 11.4. The highest BCUT2D eigenvalue weighted by molar-refractivity contribution is 5.85. The van der Waals surface area contributed by atoms with Gasteiger partial charge >= 0.3 is 0 Å². The Hall–Kier alpha value is -1.26. The summed E-state index contributed by atoms with van der Waals surface area (Å²) in [6.07, 6.45) is 3.10. The molecular weight excluding hydrogens is 300 g/mol. The quantitative estimate of drug-likeness (QED) is 0.649. The molecule has 0 heterocycles. The molecule has 2 N–H and O–H groups in total. The second kappa shape index (κ2) is 12.3. The molecule has 1 atom stereocenters. The Morgan fingerprint density at radius 2 is 1.91 bits per heavy atom. The number of unbranched alkanes of at least 4 members (excludes halogenated alkanes) is 1. The van der Waals surface area contributed by atoms with Gasteiger partial charge in [0.1, 0.15) is 5.75 Å². The van der Waals surface area contributed by atoms with Crippen LogP contribution in [0.2, 0.25) is 0 Å². The van der Waals surface area contributed by atoms with E-state index in [2.05, 4.69) is 30.5 Å². The summed E-state index contributed by atoms with van der Waals surface area (Å²) in [5, 5.41) is 5.97. The van der Waals surface area contributed by atoms with Gasteiger partial charge in [-0.25, -0.2) is 0 Å². The number of ether oxygens (including phenoxy) is 1. The van der Waals surface area contributed by atoms with Crippen molar-refractivity contribution in [2.45, 2.75) is 39.0 Å². The van der Waals surface area contributed by atoms with E-state index in [4.69, 9.17) is 4.74 Å². The number of rotatable bonds is 10. The first-order valence-corrected chi connectivity index (χ1v) is 7.82. The second-order valence-electron chi connectivity index (χ2n) is 5.30. The maximum absolute atomic E-state index is 11.7. The largest absolute Gasteiger partial charge is 0.483 e. The van der Waals surface area contributed by atoms with Gasteiger partial charge in [-0.15, -0.1) is 12.4 Å². The number of para-hydroxylation sites is 1. The molecule has 4 nitrogen and oxygen atoms in total. The predicted octanol–water partition coefficient (Wildman–Crippen LogP) is 3.12. The minimum absolute atomic E-state index is 0. The molecule has 22 heavy (non-hydrogen) atoms. The number of nitrogens with one attached hydrogen (secondary N) is 2. The van der Waals surface area contributed by atoms with E-state index < -0.39 is 0 Å². The van der Waals surface area contributed by atoms with Gasteiger partial charge in [-0.1, -0.05) is 32.0 Å². The summed E-state index contributed by atoms with van der Waals surface area (Å²) in [5.74, 6) is 1.20. The smallest absolute Gasteiger partial charge is 0.257 e. The van der Waals surface area contributed by atoms with Crippen LogP contribution in [0.1, 0.15) is 44.6 Å². The molecule has 0 fully saturated rings. The first-order valence-electron chi connectivity index (χ1n) is 7.82. The number of halogens is 1. The zero-order valence-corrected chi connectivity index (χ0v) is 14.7. The highest BCUT2D eigenvalue weighted by Gasteiger charge is 2.10. The van der Waals surface area contributed by atoms with Gasteiger partial charge in [0.25, 0.3) is 5.91 Å². The van der Waals surface area contributed by atoms with Crippen molar-refractivity contribution in [1.82, 2.24) is 10.6 Å². The number of carbonyl (C=O) groups excluding carboxylic acids is 1. The highest BCUT2D eigenvalue weighted by Crippen LogP contribution is 2.28. The summed E-state index contributed by atoms with van der Waals surface area (Å²) >= 11 is 0. The van der Waals surface area contributed by atoms with Crippen molar-refractivity contribution in [2.75, 3.05) is 26.7 Å². The molecule has 0 aliphatic heterocycles. The zero-order chi connectivity index (χ0) is 15.5. The standard InChI is InChI=1S/C17H28N2O2.ClH/c1-4-14(2)15-9-5-6-10-16(15)21-13-17(20)19-12-8-7-11-18-3;/h5-6,9-10,14,18H,4,7-8,11-13H2,1-3H3,(H,19,20);1H. The first kappa shape index (κ1) is 20.7. The van der Waals surface area contributed by atoms with E-state index in [9.17, 15) is 4.79 Å². The van der Waals surface area contributed by atoms with Crippen molar-refractivity contribution < 1.29 is 9.53 Å². The van der Waals surface area contributed by atoms with E-state index in [1.807, 2.05) is 25.2 Å². The molecule has 0 saturated heterocycles. The maximum Gasteiger partial charge on any atom is 0.257 e. The van der Waals surface area contributed by atoms with Gasteiger partial charge in [0.2, 0.25) is 0 Å². The van der Waals surface area contributed by atoms with Crippen molar-refractivity contribution >= 4 is 18.3 Å². The molecular formula is C17H29ClN2O2. The summed E-state index contributed by atoms with van der Waals surface area (Å²) in [5.41, 5.74) is 1.17. The van der Waals surface area contributed by atoms with Crippen LogP contribution in [0.15, 0.2) is 24.3 Å². The molecule has 5 heteroatoms. The van der Waals surface area contributed by atoms with E-state index >= 15 is 0 Å². The van der Waals surface area contributed by atoms with Gasteiger partial charge < -0.3 is 15.4 Å². The Kier molecular flexibility index (Phi) is 11.6. The van der Waals surface area contributed by atoms with E-state index in [0.29, 0.717) is 12.5 Å². The van der Waals surface area contributed by atoms with Gasteiger partial charge in [0.05, 0.1) is 0 Å². The fourth-order valence-electron chi connectivity index (χ4n) is 2.09. The molecule has 0 radical (unpaired) electrons. The summed E-state index contributed by atoms with van der Waals surface area (Å²) in [6, 6.07) is 7.95. The van der Waals surface area contributed by atoms with Crippen molar-refractivity contribution in [1.29, 1.82) is 0 Å². The molecule has 1 rings (SSSR count). The summed E-state index contributed by atoms with van der Waals surface area (Å²) in [4.78, 5) is 11.7. The van der Waals surface area contributed by atoms with Crippen LogP contribution in [0.5, 0.6) is 5.75 Å². The molecule has 126 valence electrons. The maximum atomic E-state index is 11.7. The van der Waals surface area contributed by atoms with Crippen LogP contribution < -0.4 is 15.4 Å². The number of benzene rings is 1. The Morgan fingerprint density at radius 3 is 2.59 bits per heavy atom. The third-order valence-corrected chi connectivity index (χ3v) is 3.60. The molecule has 1 amide bonds. The van der Waals surface area contributed by atoms with Crippen LogP contribution in [-0.4, -0.2) is 32.7 Å². The van der Waals surface area contributed by atoms with Crippen molar-refractivity contribution in [3.63, 3.8) is 0 Å². The lowest BCUT2D eigenvalue weighted by molar-refractivity contribution is -0.123. The number of hydrogen-bond donors (Lipinski definition) is 2. The number of amides is 1. The first-order chi connectivity index (χ1) is 10.2. The fraction of sp³-hybridized carbons (Fsp3) is 0.588. The van der Waals surface area contributed by atoms with Crippen molar-refractivity contribution in [2.24, 2.45) is 0 Å². The molecule has 1 aromatic carbocycles. The Balaban J connectivity index is 0.00000441. The van der Waals surface area contributed by atoms with Crippen LogP contribution in [-0.2, 0) is 4.79 Å². The molecule has 0 saturated carbocycles. The highest BCUT2D eigenvalue weighted by atomic mass is 35.5. The van der Waals surface area contributed by atoms with Gasteiger partial charge in [-0.3, -0.25) is 4.79 Å². The second-order valence-corrected chi connectivity index (χ2v) is 5.30. The minimum atomic E-state index is -0.0570. The summed E-state index contributed by atoms with van der Waals surface area (Å²) in [6.45, 7) is 6.09. The SMILES string of the molecule is CCC(C)c1ccccc1OCC(=O)NCCCCNC.Cl. The van der Waals surface area contributed by atoms with Gasteiger partial charge in [0.15, 0.2) is 6.61 Å². The summed E-state index contributed by atoms with van der Waals surface area (Å²) < 4.78 is 5.68. The van der Waals surface area contributed by atoms with E-state index in [1.165, 1.54) is 5.56 Å². The van der Waals surface area contributed by atoms with Crippen LogP contribution in [0.4, 0.5) is 0 Å². The Bertz CT molecular complexity index is 427. The minimum Gasteiger partial charge on any atom is -0.483 e. The van der Waals surface area contributed by atoms with Gasteiger partial charge in [0, 0.05) is 6.54 Å². The monoisotopic (exact) mass is 328 g/mol. The molecule has 0 aliphatic carbocycles. The van der Waals surface area contributed by atoms with Crippen LogP contribution in [0, 0.1) is 0 Å². The predicted molar refractivity (Wildman–Crippen MR) is 94.1 cm³/mol. The molecule has 0 aromatic heterocycles. The lowest BCUT2D eigenvalue weighted by Gasteiger charge is -2.15. The van der Waals surface area contributed by atoms with E-state index in [0.717, 1.165) is 31.6 Å². The van der Waals surface area contributed by atoms with E-state index in [-0.39, 0.29) is 24.9 Å². The number of carbonyl (C=O) groups is 1. The van der Waals surface area contributed by atoms with E-state index in [1.54, 1.807) is 0 Å². The number of hydrogen-bond acceptors (Lipinski definition) is 3. The van der Waals surface area contributed by atoms with Crippen molar-refractivity contribution in [3.8, 4) is 5.75 Å². The molecule has 0 bridgehead atoms. The summed E-state index contributed by atoms with van der Waals surface area (Å²) in [7, 11) is 1.93.